The van der Waals surface area contributed by atoms with Crippen molar-refractivity contribution in [3.63, 3.8) is 0 Å². The van der Waals surface area contributed by atoms with E-state index in [2.05, 4.69) is 19.2 Å². The molecule has 0 saturated heterocycles. The van der Waals surface area contributed by atoms with Crippen molar-refractivity contribution in [3.8, 4) is 0 Å². The first-order chi connectivity index (χ1) is 7.48. The molecule has 1 aliphatic carbocycles. The van der Waals surface area contributed by atoms with Crippen LogP contribution in [0.15, 0.2) is 0 Å². The highest BCUT2D eigenvalue weighted by molar-refractivity contribution is 5.78. The van der Waals surface area contributed by atoms with Gasteiger partial charge in [-0.2, -0.15) is 0 Å². The first-order valence-electron chi connectivity index (χ1n) is 6.49. The summed E-state index contributed by atoms with van der Waals surface area (Å²) in [6.45, 7) is 10.8. The molecule has 0 bridgehead atoms. The highest BCUT2D eigenvalue weighted by atomic mass is 16.2. The van der Waals surface area contributed by atoms with Crippen molar-refractivity contribution in [1.82, 2.24) is 10.2 Å². The molecule has 0 heterocycles. The molecule has 0 aromatic carbocycles. The third-order valence-electron chi connectivity index (χ3n) is 3.63. The quantitative estimate of drug-likeness (QED) is 0.778. The summed E-state index contributed by atoms with van der Waals surface area (Å²) in [4.78, 5) is 13.7. The minimum absolute atomic E-state index is 0.231. The predicted molar refractivity (Wildman–Crippen MR) is 67.4 cm³/mol. The fourth-order valence-corrected chi connectivity index (χ4v) is 2.53. The molecule has 1 atom stereocenters. The third-order valence-corrected chi connectivity index (χ3v) is 3.63. The fourth-order valence-electron chi connectivity index (χ4n) is 2.53. The van der Waals surface area contributed by atoms with Gasteiger partial charge in [0.1, 0.15) is 0 Å². The second-order valence-corrected chi connectivity index (χ2v) is 5.55. The number of carbonyl (C=O) groups excluding carboxylic acids is 1. The molecule has 1 amide bonds. The second kappa shape index (κ2) is 5.67. The summed E-state index contributed by atoms with van der Waals surface area (Å²) in [5.41, 5.74) is 0.454. The summed E-state index contributed by atoms with van der Waals surface area (Å²) < 4.78 is 0. The monoisotopic (exact) mass is 226 g/mol. The van der Waals surface area contributed by atoms with E-state index in [9.17, 15) is 4.79 Å². The van der Waals surface area contributed by atoms with E-state index < -0.39 is 0 Å². The lowest BCUT2D eigenvalue weighted by atomic mass is 9.92. The molecular weight excluding hydrogens is 200 g/mol. The van der Waals surface area contributed by atoms with Crippen molar-refractivity contribution in [1.29, 1.82) is 0 Å². The lowest BCUT2D eigenvalue weighted by Crippen LogP contribution is -2.41. The summed E-state index contributed by atoms with van der Waals surface area (Å²) in [6.07, 6.45) is 3.67. The molecule has 94 valence electrons. The molecule has 3 nitrogen and oxygen atoms in total. The molecule has 1 rings (SSSR count). The van der Waals surface area contributed by atoms with Crippen LogP contribution < -0.4 is 5.32 Å². The summed E-state index contributed by atoms with van der Waals surface area (Å²) >= 11 is 0. The first kappa shape index (κ1) is 13.5. The third kappa shape index (κ3) is 3.78. The molecule has 3 heteroatoms. The Balaban J connectivity index is 2.27. The average molecular weight is 226 g/mol. The van der Waals surface area contributed by atoms with Gasteiger partial charge >= 0.3 is 0 Å². The van der Waals surface area contributed by atoms with E-state index in [1.165, 1.54) is 19.3 Å². The lowest BCUT2D eigenvalue weighted by Gasteiger charge is -2.21. The number of nitrogens with zero attached hydrogens (tertiary/aromatic N) is 1. The second-order valence-electron chi connectivity index (χ2n) is 5.55. The zero-order valence-corrected chi connectivity index (χ0v) is 11.2. The van der Waals surface area contributed by atoms with E-state index >= 15 is 0 Å². The van der Waals surface area contributed by atoms with Gasteiger partial charge in [0.2, 0.25) is 5.91 Å². The van der Waals surface area contributed by atoms with Gasteiger partial charge < -0.3 is 10.2 Å². The van der Waals surface area contributed by atoms with Gasteiger partial charge in [-0.25, -0.2) is 0 Å². The van der Waals surface area contributed by atoms with Gasteiger partial charge in [-0.3, -0.25) is 4.79 Å². The molecule has 1 saturated carbocycles. The number of amides is 1. The van der Waals surface area contributed by atoms with Crippen LogP contribution in [0.4, 0.5) is 0 Å². The van der Waals surface area contributed by atoms with Gasteiger partial charge in [0.05, 0.1) is 6.54 Å². The molecule has 0 aromatic rings. The van der Waals surface area contributed by atoms with Crippen molar-refractivity contribution in [2.24, 2.45) is 5.41 Å². The van der Waals surface area contributed by atoms with Crippen molar-refractivity contribution >= 4 is 5.91 Å². The summed E-state index contributed by atoms with van der Waals surface area (Å²) in [5.74, 6) is 0.231. The fraction of sp³-hybridized carbons (Fsp3) is 0.923. The lowest BCUT2D eigenvalue weighted by molar-refractivity contribution is -0.130. The zero-order valence-electron chi connectivity index (χ0n) is 11.2. The van der Waals surface area contributed by atoms with Crippen LogP contribution in [0, 0.1) is 5.41 Å². The molecule has 1 N–H and O–H groups in total. The van der Waals surface area contributed by atoms with Crippen LogP contribution in [0.3, 0.4) is 0 Å². The highest BCUT2D eigenvalue weighted by Crippen LogP contribution is 2.36. The van der Waals surface area contributed by atoms with Crippen LogP contribution in [0.1, 0.15) is 47.0 Å². The van der Waals surface area contributed by atoms with E-state index in [-0.39, 0.29) is 5.91 Å². The van der Waals surface area contributed by atoms with Crippen LogP contribution in [-0.2, 0) is 4.79 Å². The minimum atomic E-state index is 0.231. The van der Waals surface area contributed by atoms with Crippen molar-refractivity contribution in [2.75, 3.05) is 19.6 Å². The predicted octanol–water partition coefficient (Wildman–Crippen LogP) is 2.02. The molecular formula is C13H26N2O. The van der Waals surface area contributed by atoms with Gasteiger partial charge in [-0.05, 0) is 38.5 Å². The molecule has 0 aromatic heterocycles. The molecule has 16 heavy (non-hydrogen) atoms. The van der Waals surface area contributed by atoms with E-state index in [4.69, 9.17) is 0 Å². The summed E-state index contributed by atoms with van der Waals surface area (Å²) in [5, 5.41) is 3.39. The van der Waals surface area contributed by atoms with Crippen LogP contribution in [-0.4, -0.2) is 36.5 Å². The number of likely N-dealkylation sites (N-methyl/N-ethyl adjacent to an activating group) is 1. The van der Waals surface area contributed by atoms with E-state index in [0.29, 0.717) is 18.0 Å². The van der Waals surface area contributed by atoms with Crippen LogP contribution in [0.2, 0.25) is 0 Å². The Morgan fingerprint density at radius 1 is 1.38 bits per heavy atom. The smallest absolute Gasteiger partial charge is 0.236 e. The number of carbonyl (C=O) groups is 1. The standard InChI is InChI=1S/C13H26N2O/c1-5-15(6-2)12(16)10-14-11-7-8-13(3,4)9-11/h11,14H,5-10H2,1-4H3. The molecule has 0 radical (unpaired) electrons. The van der Waals surface area contributed by atoms with Gasteiger partial charge in [-0.1, -0.05) is 13.8 Å². The Labute approximate surface area is 99.6 Å². The van der Waals surface area contributed by atoms with E-state index in [1.807, 2.05) is 18.7 Å². The van der Waals surface area contributed by atoms with Crippen molar-refractivity contribution in [2.45, 2.75) is 53.0 Å². The highest BCUT2D eigenvalue weighted by Gasteiger charge is 2.30. The zero-order chi connectivity index (χ0) is 12.2. The Morgan fingerprint density at radius 3 is 2.44 bits per heavy atom. The van der Waals surface area contributed by atoms with Gasteiger partial charge in [-0.15, -0.1) is 0 Å². The maximum absolute atomic E-state index is 11.8. The van der Waals surface area contributed by atoms with Crippen LogP contribution >= 0.6 is 0 Å². The maximum atomic E-state index is 11.8. The van der Waals surface area contributed by atoms with Gasteiger partial charge in [0.25, 0.3) is 0 Å². The SMILES string of the molecule is CCN(CC)C(=O)CNC1CCC(C)(C)C1. The molecule has 0 aliphatic heterocycles. The summed E-state index contributed by atoms with van der Waals surface area (Å²) in [7, 11) is 0. The number of rotatable bonds is 5. The first-order valence-corrected chi connectivity index (χ1v) is 6.49. The number of nitrogens with one attached hydrogen (secondary N) is 1. The Bertz CT molecular complexity index is 234. The van der Waals surface area contributed by atoms with Gasteiger partial charge in [0, 0.05) is 19.1 Å². The number of hydrogen-bond acceptors (Lipinski definition) is 2. The maximum Gasteiger partial charge on any atom is 0.236 e. The largest absolute Gasteiger partial charge is 0.342 e. The summed E-state index contributed by atoms with van der Waals surface area (Å²) in [6, 6.07) is 0.537. The average Bonchev–Trinajstić information content (AvgIpc) is 2.57. The Morgan fingerprint density at radius 2 is 2.00 bits per heavy atom. The van der Waals surface area contributed by atoms with Crippen molar-refractivity contribution < 1.29 is 4.79 Å². The molecule has 1 fully saturated rings. The minimum Gasteiger partial charge on any atom is -0.342 e. The molecule has 0 spiro atoms. The topological polar surface area (TPSA) is 32.3 Å². The van der Waals surface area contributed by atoms with E-state index in [0.717, 1.165) is 13.1 Å². The molecule has 1 aliphatic rings. The van der Waals surface area contributed by atoms with E-state index in [1.54, 1.807) is 0 Å². The number of hydrogen-bond donors (Lipinski definition) is 1. The molecule has 1 unspecified atom stereocenters. The van der Waals surface area contributed by atoms with Crippen molar-refractivity contribution in [3.05, 3.63) is 0 Å². The Kier molecular flexibility index (Phi) is 4.78. The van der Waals surface area contributed by atoms with Crippen LogP contribution in [0.5, 0.6) is 0 Å². The van der Waals surface area contributed by atoms with Gasteiger partial charge in [0.15, 0.2) is 0 Å². The van der Waals surface area contributed by atoms with Crippen LogP contribution in [0.25, 0.3) is 0 Å². The normalized spacial score (nSPS) is 23.4. The Hall–Kier alpha value is -0.570.